The average molecular weight is 223 g/mol. The van der Waals surface area contributed by atoms with E-state index < -0.39 is 6.09 Å². The standard InChI is InChI=1S/C12H17NO3/c1-9(2)8-15-10-6-4-5-7-11(10)16-12(14)13-3/h4-7,9H,8H2,1-3H3,(H,13,14). The minimum Gasteiger partial charge on any atom is -0.489 e. The largest absolute Gasteiger partial charge is 0.489 e. The molecule has 0 fully saturated rings. The maximum atomic E-state index is 11.1. The third kappa shape index (κ3) is 3.81. The summed E-state index contributed by atoms with van der Waals surface area (Å²) in [5, 5.41) is 2.39. The lowest BCUT2D eigenvalue weighted by Crippen LogP contribution is -2.22. The summed E-state index contributed by atoms with van der Waals surface area (Å²) in [5.74, 6) is 1.44. The zero-order chi connectivity index (χ0) is 12.0. The molecule has 0 aromatic heterocycles. The number of amides is 1. The van der Waals surface area contributed by atoms with Gasteiger partial charge in [0.1, 0.15) is 0 Å². The van der Waals surface area contributed by atoms with Crippen molar-refractivity contribution in [1.29, 1.82) is 0 Å². The number of carbonyl (C=O) groups is 1. The molecule has 1 N–H and O–H groups in total. The summed E-state index contributed by atoms with van der Waals surface area (Å²) in [6.07, 6.45) is -0.499. The molecule has 0 aliphatic carbocycles. The van der Waals surface area contributed by atoms with Gasteiger partial charge < -0.3 is 14.8 Å². The molecule has 16 heavy (non-hydrogen) atoms. The van der Waals surface area contributed by atoms with E-state index in [1.165, 1.54) is 7.05 Å². The van der Waals surface area contributed by atoms with E-state index in [4.69, 9.17) is 9.47 Å². The van der Waals surface area contributed by atoms with Crippen LogP contribution in [0.2, 0.25) is 0 Å². The number of hydrogen-bond donors (Lipinski definition) is 1. The van der Waals surface area contributed by atoms with Crippen LogP contribution in [0, 0.1) is 5.92 Å². The average Bonchev–Trinajstić information content (AvgIpc) is 2.27. The predicted octanol–water partition coefficient (Wildman–Crippen LogP) is 2.44. The molecule has 1 aromatic rings. The monoisotopic (exact) mass is 223 g/mol. The van der Waals surface area contributed by atoms with Gasteiger partial charge in [0.05, 0.1) is 6.61 Å². The van der Waals surface area contributed by atoms with Gasteiger partial charge in [-0.15, -0.1) is 0 Å². The molecule has 88 valence electrons. The second kappa shape index (κ2) is 6.00. The third-order valence-electron chi connectivity index (χ3n) is 1.83. The number of benzene rings is 1. The van der Waals surface area contributed by atoms with E-state index in [1.54, 1.807) is 18.2 Å². The fourth-order valence-electron chi connectivity index (χ4n) is 1.06. The first-order chi connectivity index (χ1) is 7.63. The van der Waals surface area contributed by atoms with E-state index in [0.717, 1.165) is 0 Å². The SMILES string of the molecule is CNC(=O)Oc1ccccc1OCC(C)C. The van der Waals surface area contributed by atoms with Gasteiger partial charge in [0.2, 0.25) is 0 Å². The highest BCUT2D eigenvalue weighted by molar-refractivity contribution is 5.70. The van der Waals surface area contributed by atoms with E-state index in [-0.39, 0.29) is 0 Å². The number of hydrogen-bond acceptors (Lipinski definition) is 3. The highest BCUT2D eigenvalue weighted by Crippen LogP contribution is 2.26. The molecule has 0 saturated carbocycles. The van der Waals surface area contributed by atoms with Crippen molar-refractivity contribution in [3.8, 4) is 11.5 Å². The molecule has 4 nitrogen and oxygen atoms in total. The maximum absolute atomic E-state index is 11.1. The van der Waals surface area contributed by atoms with Crippen LogP contribution in [0.15, 0.2) is 24.3 Å². The summed E-state index contributed by atoms with van der Waals surface area (Å²) in [6, 6.07) is 7.11. The van der Waals surface area contributed by atoms with Gasteiger partial charge in [0.15, 0.2) is 11.5 Å². The molecular formula is C12H17NO3. The highest BCUT2D eigenvalue weighted by Gasteiger charge is 2.08. The highest BCUT2D eigenvalue weighted by atomic mass is 16.6. The van der Waals surface area contributed by atoms with Crippen LogP contribution < -0.4 is 14.8 Å². The summed E-state index contributed by atoms with van der Waals surface area (Å²) < 4.78 is 10.6. The molecule has 0 aliphatic rings. The van der Waals surface area contributed by atoms with Gasteiger partial charge in [-0.05, 0) is 18.1 Å². The Morgan fingerprint density at radius 3 is 2.50 bits per heavy atom. The molecule has 0 unspecified atom stereocenters. The summed E-state index contributed by atoms with van der Waals surface area (Å²) in [6.45, 7) is 4.71. The van der Waals surface area contributed by atoms with Gasteiger partial charge in [-0.25, -0.2) is 4.79 Å². The van der Waals surface area contributed by atoms with E-state index in [1.807, 2.05) is 6.07 Å². The lowest BCUT2D eigenvalue weighted by atomic mass is 10.2. The second-order valence-corrected chi connectivity index (χ2v) is 3.79. The zero-order valence-electron chi connectivity index (χ0n) is 9.82. The molecule has 0 heterocycles. The first kappa shape index (κ1) is 12.4. The van der Waals surface area contributed by atoms with Gasteiger partial charge >= 0.3 is 6.09 Å². The van der Waals surface area contributed by atoms with Crippen LogP contribution in [-0.2, 0) is 0 Å². The molecule has 0 saturated heterocycles. The normalized spacial score (nSPS) is 10.0. The maximum Gasteiger partial charge on any atom is 0.412 e. The van der Waals surface area contributed by atoms with Gasteiger partial charge in [-0.2, -0.15) is 0 Å². The van der Waals surface area contributed by atoms with Gasteiger partial charge in [-0.3, -0.25) is 0 Å². The summed E-state index contributed by atoms with van der Waals surface area (Å²) in [4.78, 5) is 11.1. The second-order valence-electron chi connectivity index (χ2n) is 3.79. The molecular weight excluding hydrogens is 206 g/mol. The Hall–Kier alpha value is -1.71. The van der Waals surface area contributed by atoms with Crippen LogP contribution in [0.1, 0.15) is 13.8 Å². The molecule has 0 atom stereocenters. The number of carbonyl (C=O) groups excluding carboxylic acids is 1. The van der Waals surface area contributed by atoms with Crippen LogP contribution >= 0.6 is 0 Å². The minimum absolute atomic E-state index is 0.424. The summed E-state index contributed by atoms with van der Waals surface area (Å²) in [5.41, 5.74) is 0. The lowest BCUT2D eigenvalue weighted by molar-refractivity contribution is 0.197. The first-order valence-corrected chi connectivity index (χ1v) is 5.25. The van der Waals surface area contributed by atoms with Crippen molar-refractivity contribution >= 4 is 6.09 Å². The van der Waals surface area contributed by atoms with Crippen molar-refractivity contribution < 1.29 is 14.3 Å². The Labute approximate surface area is 95.6 Å². The summed E-state index contributed by atoms with van der Waals surface area (Å²) in [7, 11) is 1.51. The topological polar surface area (TPSA) is 47.6 Å². The molecule has 1 rings (SSSR count). The van der Waals surface area contributed by atoms with Crippen LogP contribution in [0.25, 0.3) is 0 Å². The van der Waals surface area contributed by atoms with Crippen LogP contribution in [0.3, 0.4) is 0 Å². The van der Waals surface area contributed by atoms with E-state index >= 15 is 0 Å². The van der Waals surface area contributed by atoms with Crippen molar-refractivity contribution in [1.82, 2.24) is 5.32 Å². The van der Waals surface area contributed by atoms with Crippen molar-refractivity contribution in [2.45, 2.75) is 13.8 Å². The van der Waals surface area contributed by atoms with Gasteiger partial charge in [0.25, 0.3) is 0 Å². The van der Waals surface area contributed by atoms with Crippen molar-refractivity contribution in [3.05, 3.63) is 24.3 Å². The van der Waals surface area contributed by atoms with Crippen molar-refractivity contribution in [2.75, 3.05) is 13.7 Å². The fraction of sp³-hybridized carbons (Fsp3) is 0.417. The Morgan fingerprint density at radius 1 is 1.31 bits per heavy atom. The van der Waals surface area contributed by atoms with Crippen molar-refractivity contribution in [3.63, 3.8) is 0 Å². The van der Waals surface area contributed by atoms with Crippen LogP contribution in [0.4, 0.5) is 4.79 Å². The molecule has 0 radical (unpaired) electrons. The molecule has 0 aliphatic heterocycles. The number of ether oxygens (including phenoxy) is 2. The van der Waals surface area contributed by atoms with Crippen LogP contribution in [0.5, 0.6) is 11.5 Å². The van der Waals surface area contributed by atoms with Gasteiger partial charge in [0, 0.05) is 7.05 Å². The molecule has 0 bridgehead atoms. The molecule has 1 aromatic carbocycles. The zero-order valence-corrected chi connectivity index (χ0v) is 9.82. The fourth-order valence-corrected chi connectivity index (χ4v) is 1.06. The Bertz CT molecular complexity index is 350. The van der Waals surface area contributed by atoms with E-state index in [0.29, 0.717) is 24.0 Å². The van der Waals surface area contributed by atoms with Crippen LogP contribution in [-0.4, -0.2) is 19.7 Å². The quantitative estimate of drug-likeness (QED) is 0.852. The third-order valence-corrected chi connectivity index (χ3v) is 1.83. The van der Waals surface area contributed by atoms with Crippen molar-refractivity contribution in [2.24, 2.45) is 5.92 Å². The molecule has 4 heteroatoms. The predicted molar refractivity (Wildman–Crippen MR) is 61.9 cm³/mol. The number of rotatable bonds is 4. The Morgan fingerprint density at radius 2 is 1.94 bits per heavy atom. The number of para-hydroxylation sites is 2. The smallest absolute Gasteiger partial charge is 0.412 e. The first-order valence-electron chi connectivity index (χ1n) is 5.25. The minimum atomic E-state index is -0.499. The van der Waals surface area contributed by atoms with E-state index in [9.17, 15) is 4.79 Å². The Kier molecular flexibility index (Phi) is 4.64. The number of nitrogens with one attached hydrogen (secondary N) is 1. The molecule has 0 spiro atoms. The lowest BCUT2D eigenvalue weighted by Gasteiger charge is -2.12. The summed E-state index contributed by atoms with van der Waals surface area (Å²) >= 11 is 0. The van der Waals surface area contributed by atoms with Gasteiger partial charge in [-0.1, -0.05) is 26.0 Å². The Balaban J connectivity index is 2.71. The molecule has 1 amide bonds. The van der Waals surface area contributed by atoms with E-state index in [2.05, 4.69) is 19.2 Å².